The molecule has 3 aromatic rings. The predicted molar refractivity (Wildman–Crippen MR) is 95.4 cm³/mol. The van der Waals surface area contributed by atoms with E-state index in [2.05, 4.69) is 15.2 Å². The van der Waals surface area contributed by atoms with E-state index in [1.807, 2.05) is 23.6 Å². The second kappa shape index (κ2) is 7.59. The molecule has 0 saturated heterocycles. The van der Waals surface area contributed by atoms with E-state index in [0.717, 1.165) is 16.5 Å². The molecule has 2 heterocycles. The zero-order valence-electron chi connectivity index (χ0n) is 13.0. The summed E-state index contributed by atoms with van der Waals surface area (Å²) in [5.74, 6) is 1.09. The third-order valence-corrected chi connectivity index (χ3v) is 4.67. The van der Waals surface area contributed by atoms with E-state index in [0.29, 0.717) is 22.9 Å². The Kier molecular flexibility index (Phi) is 5.27. The van der Waals surface area contributed by atoms with Crippen LogP contribution < -0.4 is 0 Å². The smallest absolute Gasteiger partial charge is 0.191 e. The molecule has 2 aromatic heterocycles. The van der Waals surface area contributed by atoms with Crippen LogP contribution in [-0.4, -0.2) is 31.3 Å². The number of rotatable bonds is 6. The van der Waals surface area contributed by atoms with Crippen molar-refractivity contribution in [3.63, 3.8) is 0 Å². The summed E-state index contributed by atoms with van der Waals surface area (Å²) in [7, 11) is 0. The highest BCUT2D eigenvalue weighted by molar-refractivity contribution is 7.99. The van der Waals surface area contributed by atoms with E-state index in [9.17, 15) is 4.79 Å². The van der Waals surface area contributed by atoms with Crippen LogP contribution in [0.2, 0.25) is 5.02 Å². The van der Waals surface area contributed by atoms with Gasteiger partial charge in [-0.15, -0.1) is 10.2 Å². The first-order valence-electron chi connectivity index (χ1n) is 7.44. The first-order valence-corrected chi connectivity index (χ1v) is 8.80. The number of aromatic nitrogens is 4. The molecule has 0 amide bonds. The van der Waals surface area contributed by atoms with Crippen molar-refractivity contribution in [1.82, 2.24) is 19.7 Å². The van der Waals surface area contributed by atoms with Gasteiger partial charge in [0.2, 0.25) is 0 Å². The molecular formula is C17H15ClN4OS. The fraction of sp³-hybridized carbons (Fsp3) is 0.176. The van der Waals surface area contributed by atoms with Gasteiger partial charge in [-0.2, -0.15) is 0 Å². The van der Waals surface area contributed by atoms with Gasteiger partial charge >= 0.3 is 0 Å². The first-order chi connectivity index (χ1) is 11.7. The van der Waals surface area contributed by atoms with Gasteiger partial charge < -0.3 is 4.57 Å². The molecule has 3 rings (SSSR count). The summed E-state index contributed by atoms with van der Waals surface area (Å²) < 4.78 is 1.98. The van der Waals surface area contributed by atoms with Gasteiger partial charge in [-0.25, -0.2) is 0 Å². The number of nitrogens with zero attached hydrogens (tertiary/aromatic N) is 4. The van der Waals surface area contributed by atoms with E-state index in [1.165, 1.54) is 11.8 Å². The van der Waals surface area contributed by atoms with Crippen LogP contribution in [0.5, 0.6) is 0 Å². The van der Waals surface area contributed by atoms with E-state index in [-0.39, 0.29) is 5.78 Å². The van der Waals surface area contributed by atoms with Crippen LogP contribution in [-0.2, 0) is 6.54 Å². The molecule has 0 fully saturated rings. The second-order valence-corrected chi connectivity index (χ2v) is 6.39. The van der Waals surface area contributed by atoms with Gasteiger partial charge in [0, 0.05) is 35.1 Å². The minimum atomic E-state index is 0.0326. The number of thioether (sulfide) groups is 1. The quantitative estimate of drug-likeness (QED) is 0.492. The van der Waals surface area contributed by atoms with E-state index in [1.54, 1.807) is 36.7 Å². The SMILES string of the molecule is CCn1c(SCC(=O)c2ccc(Cl)cc2)nnc1-c1cccnc1. The topological polar surface area (TPSA) is 60.7 Å². The number of pyridine rings is 1. The lowest BCUT2D eigenvalue weighted by molar-refractivity contribution is 0.102. The molecule has 0 N–H and O–H groups in total. The number of halogens is 1. The van der Waals surface area contributed by atoms with Gasteiger partial charge in [-0.3, -0.25) is 9.78 Å². The molecule has 1 aromatic carbocycles. The van der Waals surface area contributed by atoms with Gasteiger partial charge in [0.1, 0.15) is 0 Å². The molecule has 0 spiro atoms. The average molecular weight is 359 g/mol. The Morgan fingerprint density at radius 1 is 1.21 bits per heavy atom. The molecule has 24 heavy (non-hydrogen) atoms. The second-order valence-electron chi connectivity index (χ2n) is 5.01. The zero-order chi connectivity index (χ0) is 16.9. The predicted octanol–water partition coefficient (Wildman–Crippen LogP) is 3.99. The number of carbonyl (C=O) groups excluding carboxylic acids is 1. The summed E-state index contributed by atoms with van der Waals surface area (Å²) in [5, 5.41) is 9.80. The molecule has 0 aliphatic heterocycles. The lowest BCUT2D eigenvalue weighted by atomic mass is 10.1. The Labute approximate surface area is 149 Å². The third-order valence-electron chi connectivity index (χ3n) is 3.45. The minimum Gasteiger partial charge on any atom is -0.302 e. The van der Waals surface area contributed by atoms with Gasteiger partial charge in [0.15, 0.2) is 16.8 Å². The minimum absolute atomic E-state index is 0.0326. The zero-order valence-corrected chi connectivity index (χ0v) is 14.6. The maximum atomic E-state index is 12.3. The molecule has 0 aliphatic rings. The van der Waals surface area contributed by atoms with Crippen molar-refractivity contribution in [2.75, 3.05) is 5.75 Å². The molecule has 0 aliphatic carbocycles. The highest BCUT2D eigenvalue weighted by atomic mass is 35.5. The Bertz CT molecular complexity index is 834. The van der Waals surface area contributed by atoms with Crippen molar-refractivity contribution < 1.29 is 4.79 Å². The number of hydrogen-bond acceptors (Lipinski definition) is 5. The van der Waals surface area contributed by atoms with Crippen molar-refractivity contribution in [3.05, 3.63) is 59.4 Å². The Balaban J connectivity index is 1.75. The number of ketones is 1. The Morgan fingerprint density at radius 3 is 2.67 bits per heavy atom. The van der Waals surface area contributed by atoms with Gasteiger partial charge in [0.25, 0.3) is 0 Å². The molecule has 0 radical (unpaired) electrons. The lowest BCUT2D eigenvalue weighted by Gasteiger charge is -2.07. The van der Waals surface area contributed by atoms with Crippen molar-refractivity contribution in [2.45, 2.75) is 18.6 Å². The van der Waals surface area contributed by atoms with E-state index < -0.39 is 0 Å². The van der Waals surface area contributed by atoms with Crippen LogP contribution in [0.1, 0.15) is 17.3 Å². The van der Waals surface area contributed by atoms with Crippen LogP contribution in [0.4, 0.5) is 0 Å². The largest absolute Gasteiger partial charge is 0.302 e. The maximum absolute atomic E-state index is 12.3. The van der Waals surface area contributed by atoms with Crippen LogP contribution in [0.15, 0.2) is 53.9 Å². The molecule has 5 nitrogen and oxygen atoms in total. The summed E-state index contributed by atoms with van der Waals surface area (Å²) in [5.41, 5.74) is 1.55. The number of Topliss-reactive ketones (excluding diaryl/α,β-unsaturated/α-hetero) is 1. The van der Waals surface area contributed by atoms with Crippen LogP contribution in [0.3, 0.4) is 0 Å². The average Bonchev–Trinajstić information content (AvgIpc) is 3.04. The van der Waals surface area contributed by atoms with Crippen molar-refractivity contribution in [3.8, 4) is 11.4 Å². The maximum Gasteiger partial charge on any atom is 0.191 e. The summed E-state index contributed by atoms with van der Waals surface area (Å²) in [4.78, 5) is 16.4. The van der Waals surface area contributed by atoms with Gasteiger partial charge in [0.05, 0.1) is 5.75 Å². The fourth-order valence-corrected chi connectivity index (χ4v) is 3.26. The normalized spacial score (nSPS) is 10.8. The Hall–Kier alpha value is -2.18. The highest BCUT2D eigenvalue weighted by Crippen LogP contribution is 2.24. The molecule has 0 atom stereocenters. The summed E-state index contributed by atoms with van der Waals surface area (Å²) in [6.07, 6.45) is 3.47. The fourth-order valence-electron chi connectivity index (χ4n) is 2.24. The van der Waals surface area contributed by atoms with E-state index in [4.69, 9.17) is 11.6 Å². The molecule has 0 saturated carbocycles. The van der Waals surface area contributed by atoms with Crippen molar-refractivity contribution in [1.29, 1.82) is 0 Å². The Morgan fingerprint density at radius 2 is 2.00 bits per heavy atom. The number of hydrogen-bond donors (Lipinski definition) is 0. The van der Waals surface area contributed by atoms with Crippen molar-refractivity contribution in [2.24, 2.45) is 0 Å². The van der Waals surface area contributed by atoms with Crippen molar-refractivity contribution >= 4 is 29.1 Å². The number of carbonyl (C=O) groups is 1. The third kappa shape index (κ3) is 3.66. The number of benzene rings is 1. The first kappa shape index (κ1) is 16.7. The lowest BCUT2D eigenvalue weighted by Crippen LogP contribution is -2.05. The molecule has 7 heteroatoms. The van der Waals surface area contributed by atoms with Crippen LogP contribution in [0.25, 0.3) is 11.4 Å². The molecule has 122 valence electrons. The van der Waals surface area contributed by atoms with E-state index >= 15 is 0 Å². The molecular weight excluding hydrogens is 344 g/mol. The monoisotopic (exact) mass is 358 g/mol. The summed E-state index contributed by atoms with van der Waals surface area (Å²) in [6.45, 7) is 2.74. The highest BCUT2D eigenvalue weighted by Gasteiger charge is 2.15. The van der Waals surface area contributed by atoms with Crippen LogP contribution >= 0.6 is 23.4 Å². The van der Waals surface area contributed by atoms with Gasteiger partial charge in [-0.1, -0.05) is 23.4 Å². The standard InChI is InChI=1S/C17H15ClN4OS/c1-2-22-16(13-4-3-9-19-10-13)20-21-17(22)24-11-15(23)12-5-7-14(18)8-6-12/h3-10H,2,11H2,1H3. The summed E-state index contributed by atoms with van der Waals surface area (Å²) in [6, 6.07) is 10.7. The van der Waals surface area contributed by atoms with Gasteiger partial charge in [-0.05, 0) is 43.3 Å². The molecule has 0 bridgehead atoms. The van der Waals surface area contributed by atoms with Crippen LogP contribution in [0, 0.1) is 0 Å². The summed E-state index contributed by atoms with van der Waals surface area (Å²) >= 11 is 7.23. The molecule has 0 unspecified atom stereocenters.